The van der Waals surface area contributed by atoms with Gasteiger partial charge in [-0.2, -0.15) is 12.6 Å². The molecule has 2 aromatic heterocycles. The number of carbonyl (C=O) groups excluding carboxylic acids is 1. The van der Waals surface area contributed by atoms with Gasteiger partial charge in [0.15, 0.2) is 6.10 Å². The Bertz CT molecular complexity index is 936. The molecule has 0 aliphatic heterocycles. The van der Waals surface area contributed by atoms with Crippen molar-refractivity contribution in [2.24, 2.45) is 5.73 Å². The molecule has 1 aromatic carbocycles. The first-order valence-electron chi connectivity index (χ1n) is 9.70. The Kier molecular flexibility index (Phi) is 8.12. The molecule has 3 aromatic rings. The first kappa shape index (κ1) is 22.1. The smallest absolute Gasteiger partial charge is 0.261 e. The number of ether oxygens (including phenoxy) is 1. The van der Waals surface area contributed by atoms with E-state index >= 15 is 0 Å². The van der Waals surface area contributed by atoms with Crippen LogP contribution in [-0.2, 0) is 11.3 Å². The van der Waals surface area contributed by atoms with Crippen LogP contribution in [0.1, 0.15) is 11.8 Å². The summed E-state index contributed by atoms with van der Waals surface area (Å²) in [6.45, 7) is 2.71. The number of hydrogen-bond donors (Lipinski definition) is 4. The second-order valence-corrected chi connectivity index (χ2v) is 8.19. The van der Waals surface area contributed by atoms with Gasteiger partial charge in [0.05, 0.1) is 17.9 Å². The van der Waals surface area contributed by atoms with Crippen LogP contribution in [0, 0.1) is 0 Å². The van der Waals surface area contributed by atoms with Crippen LogP contribution in [0.3, 0.4) is 0 Å². The minimum atomic E-state index is -0.706. The average Bonchev–Trinajstić information content (AvgIpc) is 3.30. The molecule has 0 bridgehead atoms. The third-order valence-electron chi connectivity index (χ3n) is 4.39. The van der Waals surface area contributed by atoms with Crippen LogP contribution < -0.4 is 21.1 Å². The maximum absolute atomic E-state index is 12.5. The van der Waals surface area contributed by atoms with Gasteiger partial charge >= 0.3 is 0 Å². The van der Waals surface area contributed by atoms with E-state index in [-0.39, 0.29) is 11.9 Å². The number of pyridine rings is 1. The van der Waals surface area contributed by atoms with Crippen molar-refractivity contribution in [2.45, 2.75) is 25.6 Å². The third kappa shape index (κ3) is 6.22. The van der Waals surface area contributed by atoms with Gasteiger partial charge in [-0.25, -0.2) is 4.98 Å². The molecule has 0 saturated carbocycles. The lowest BCUT2D eigenvalue weighted by molar-refractivity contribution is -0.127. The highest BCUT2D eigenvalue weighted by molar-refractivity contribution is 7.80. The number of nitrogens with zero attached hydrogens (tertiary/aromatic N) is 1. The second kappa shape index (κ2) is 11.0. The molecular formula is C22H26N4O2S2. The monoisotopic (exact) mass is 442 g/mol. The molecule has 4 N–H and O–H groups in total. The number of nitrogens with two attached hydrogens (primary N) is 1. The Morgan fingerprint density at radius 2 is 2.00 bits per heavy atom. The zero-order chi connectivity index (χ0) is 21.3. The third-order valence-corrected chi connectivity index (χ3v) is 5.74. The van der Waals surface area contributed by atoms with Crippen LogP contribution in [0.4, 0.5) is 5.69 Å². The number of carbonyl (C=O) groups is 1. The van der Waals surface area contributed by atoms with Crippen molar-refractivity contribution >= 4 is 35.6 Å². The summed E-state index contributed by atoms with van der Waals surface area (Å²) in [7, 11) is 0. The summed E-state index contributed by atoms with van der Waals surface area (Å²) in [6, 6.07) is 17.5. The van der Waals surface area contributed by atoms with Crippen LogP contribution in [0.5, 0.6) is 5.88 Å². The molecule has 0 saturated heterocycles. The predicted octanol–water partition coefficient (Wildman–Crippen LogP) is 3.56. The van der Waals surface area contributed by atoms with Crippen molar-refractivity contribution in [1.29, 1.82) is 0 Å². The number of aromatic nitrogens is 1. The maximum Gasteiger partial charge on any atom is 0.261 e. The molecule has 30 heavy (non-hydrogen) atoms. The minimum Gasteiger partial charge on any atom is -0.463 e. The molecule has 8 heteroatoms. The number of rotatable bonds is 10. The number of thiophene rings is 1. The Balaban J connectivity index is 1.75. The number of benzene rings is 1. The summed E-state index contributed by atoms with van der Waals surface area (Å²) in [5.41, 5.74) is 8.38. The van der Waals surface area contributed by atoms with E-state index in [0.717, 1.165) is 16.1 Å². The Labute approximate surface area is 186 Å². The fourth-order valence-electron chi connectivity index (χ4n) is 2.69. The molecule has 0 radical (unpaired) electrons. The van der Waals surface area contributed by atoms with Crippen LogP contribution in [0.2, 0.25) is 0 Å². The van der Waals surface area contributed by atoms with Crippen molar-refractivity contribution in [3.8, 4) is 17.1 Å². The SMILES string of the molecule is C[C@@H](Oc1nc(-c2ccccc2)ccc1NCC(N)CS)C(=O)NCc1cccs1. The van der Waals surface area contributed by atoms with Crippen molar-refractivity contribution in [3.05, 3.63) is 64.9 Å². The molecule has 158 valence electrons. The second-order valence-electron chi connectivity index (χ2n) is 6.80. The number of nitrogens with one attached hydrogen (secondary N) is 2. The average molecular weight is 443 g/mol. The highest BCUT2D eigenvalue weighted by Gasteiger charge is 2.18. The van der Waals surface area contributed by atoms with Gasteiger partial charge in [0.25, 0.3) is 5.91 Å². The zero-order valence-electron chi connectivity index (χ0n) is 16.7. The minimum absolute atomic E-state index is 0.110. The molecule has 0 aliphatic rings. The topological polar surface area (TPSA) is 89.3 Å². The number of thiol groups is 1. The van der Waals surface area contributed by atoms with Gasteiger partial charge in [0.2, 0.25) is 5.88 Å². The predicted molar refractivity (Wildman–Crippen MR) is 126 cm³/mol. The fourth-order valence-corrected chi connectivity index (χ4v) is 3.47. The molecule has 1 unspecified atom stereocenters. The molecule has 2 atom stereocenters. The summed E-state index contributed by atoms with van der Waals surface area (Å²) in [5, 5.41) is 8.13. The molecule has 0 spiro atoms. The lowest BCUT2D eigenvalue weighted by Crippen LogP contribution is -2.36. The van der Waals surface area contributed by atoms with Gasteiger partial charge in [-0.1, -0.05) is 36.4 Å². The molecular weight excluding hydrogens is 416 g/mol. The van der Waals surface area contributed by atoms with E-state index in [9.17, 15) is 4.79 Å². The lowest BCUT2D eigenvalue weighted by atomic mass is 10.1. The molecule has 6 nitrogen and oxygen atoms in total. The van der Waals surface area contributed by atoms with Gasteiger partial charge in [0.1, 0.15) is 0 Å². The van der Waals surface area contributed by atoms with Gasteiger partial charge in [-0.15, -0.1) is 11.3 Å². The van der Waals surface area contributed by atoms with Gasteiger partial charge in [-0.05, 0) is 30.5 Å². The number of anilines is 1. The molecule has 3 rings (SSSR count). The first-order chi connectivity index (χ1) is 14.6. The summed E-state index contributed by atoms with van der Waals surface area (Å²) in [4.78, 5) is 18.3. The van der Waals surface area contributed by atoms with Crippen LogP contribution in [-0.4, -0.2) is 35.3 Å². The highest BCUT2D eigenvalue weighted by atomic mass is 32.1. The molecule has 0 fully saturated rings. The number of amides is 1. The maximum atomic E-state index is 12.5. The van der Waals surface area contributed by atoms with Crippen LogP contribution in [0.15, 0.2) is 60.0 Å². The van der Waals surface area contributed by atoms with Crippen molar-refractivity contribution < 1.29 is 9.53 Å². The van der Waals surface area contributed by atoms with E-state index in [4.69, 9.17) is 10.5 Å². The molecule has 1 amide bonds. The summed E-state index contributed by atoms with van der Waals surface area (Å²) >= 11 is 5.82. The standard InChI is InChI=1S/C22H26N4O2S2/c1-15(21(27)25-13-18-8-5-11-30-18)28-22-20(24-12-17(23)14-29)10-9-19(26-22)16-6-3-2-4-7-16/h2-11,15,17,24,29H,12-14,23H2,1H3,(H,25,27)/t15-,17?/m1/s1. The van der Waals surface area contributed by atoms with Crippen molar-refractivity contribution in [1.82, 2.24) is 10.3 Å². The summed E-state index contributed by atoms with van der Waals surface area (Å²) in [6.07, 6.45) is -0.706. The Morgan fingerprint density at radius 1 is 1.20 bits per heavy atom. The normalized spacial score (nSPS) is 12.8. The largest absolute Gasteiger partial charge is 0.463 e. The molecule has 0 aliphatic carbocycles. The molecule has 2 heterocycles. The quantitative estimate of drug-likeness (QED) is 0.361. The van der Waals surface area contributed by atoms with Gasteiger partial charge in [-0.3, -0.25) is 4.79 Å². The Hall–Kier alpha value is -2.55. The van der Waals surface area contributed by atoms with E-state index in [1.165, 1.54) is 0 Å². The van der Waals surface area contributed by atoms with Gasteiger partial charge in [0, 0.05) is 28.8 Å². The fraction of sp³-hybridized carbons (Fsp3) is 0.273. The van der Waals surface area contributed by atoms with E-state index in [1.54, 1.807) is 18.3 Å². The highest BCUT2D eigenvalue weighted by Crippen LogP contribution is 2.28. The first-order valence-corrected chi connectivity index (χ1v) is 11.2. The van der Waals surface area contributed by atoms with Crippen molar-refractivity contribution in [2.75, 3.05) is 17.6 Å². The number of hydrogen-bond acceptors (Lipinski definition) is 7. The Morgan fingerprint density at radius 3 is 2.70 bits per heavy atom. The van der Waals surface area contributed by atoms with Crippen LogP contribution >= 0.6 is 24.0 Å². The summed E-state index contributed by atoms with van der Waals surface area (Å²) < 4.78 is 5.96. The van der Waals surface area contributed by atoms with Crippen LogP contribution in [0.25, 0.3) is 11.3 Å². The van der Waals surface area contributed by atoms with E-state index < -0.39 is 6.10 Å². The summed E-state index contributed by atoms with van der Waals surface area (Å²) in [5.74, 6) is 0.718. The zero-order valence-corrected chi connectivity index (χ0v) is 18.5. The lowest BCUT2D eigenvalue weighted by Gasteiger charge is -2.19. The van der Waals surface area contributed by atoms with E-state index in [2.05, 4.69) is 28.2 Å². The van der Waals surface area contributed by atoms with Gasteiger partial charge < -0.3 is 21.1 Å². The van der Waals surface area contributed by atoms with E-state index in [1.807, 2.05) is 60.0 Å². The van der Waals surface area contributed by atoms with E-state index in [0.29, 0.717) is 30.4 Å². The van der Waals surface area contributed by atoms with Crippen molar-refractivity contribution in [3.63, 3.8) is 0 Å².